The first kappa shape index (κ1) is 53.9. The van der Waals surface area contributed by atoms with Gasteiger partial charge in [-0.15, -0.1) is 0 Å². The smallest absolute Gasteiger partial charge is 0.182 e. The van der Waals surface area contributed by atoms with Crippen LogP contribution in [0.25, 0.3) is 189 Å². The minimum Gasteiger partial charge on any atom is -0.254 e. The highest BCUT2D eigenvalue weighted by molar-refractivity contribution is 6.09. The average molecular weight is 1200 g/mol. The first-order chi connectivity index (χ1) is 46.5. The van der Waals surface area contributed by atoms with E-state index >= 15 is 0 Å². The maximum Gasteiger partial charge on any atom is 0.182 e. The Morgan fingerprint density at radius 1 is 0.202 bits per heavy atom. The monoisotopic (exact) mass is 1200 g/mol. The van der Waals surface area contributed by atoms with E-state index in [0.29, 0.717) is 34.7 Å². The Morgan fingerprint density at radius 2 is 0.617 bits per heavy atom. The molecule has 12 nitrogen and oxygen atoms in total. The summed E-state index contributed by atoms with van der Waals surface area (Å²) in [6.07, 6.45) is 4.84. The van der Waals surface area contributed by atoms with Gasteiger partial charge in [-0.25, -0.2) is 54.8 Å². The molecule has 0 aliphatic heterocycles. The number of benzene rings is 10. The largest absolute Gasteiger partial charge is 0.254 e. The Labute approximate surface area is 537 Å². The van der Waals surface area contributed by atoms with Crippen LogP contribution in [0.3, 0.4) is 0 Å². The van der Waals surface area contributed by atoms with Gasteiger partial charge >= 0.3 is 0 Å². The molecule has 94 heavy (non-hydrogen) atoms. The molecule has 10 aromatic carbocycles. The van der Waals surface area contributed by atoms with Crippen LogP contribution in [0, 0.1) is 0 Å². The van der Waals surface area contributed by atoms with E-state index < -0.39 is 0 Å². The fourth-order valence-corrected chi connectivity index (χ4v) is 12.7. The van der Waals surface area contributed by atoms with Crippen molar-refractivity contribution < 1.29 is 0 Å². The summed E-state index contributed by atoms with van der Waals surface area (Å²) in [5.41, 5.74) is 20.3. The molecule has 0 radical (unpaired) electrons. The molecule has 436 valence electrons. The molecule has 0 saturated carbocycles. The second-order valence-corrected chi connectivity index (χ2v) is 23.4. The lowest BCUT2D eigenvalue weighted by Gasteiger charge is -2.12. The fourth-order valence-electron chi connectivity index (χ4n) is 12.7. The number of rotatable bonds is 10. The van der Waals surface area contributed by atoms with Crippen molar-refractivity contribution in [1.29, 1.82) is 0 Å². The van der Waals surface area contributed by atoms with Gasteiger partial charge in [-0.3, -0.25) is 4.98 Å². The van der Waals surface area contributed by atoms with Crippen LogP contribution < -0.4 is 0 Å². The molecular weight excluding hydrogens is 1150 g/mol. The zero-order valence-corrected chi connectivity index (χ0v) is 50.1. The molecule has 0 N–H and O–H groups in total. The van der Waals surface area contributed by atoms with Crippen LogP contribution in [0.15, 0.2) is 292 Å². The van der Waals surface area contributed by atoms with Crippen molar-refractivity contribution in [1.82, 2.24) is 59.8 Å². The van der Waals surface area contributed by atoms with Gasteiger partial charge < -0.3 is 0 Å². The molecule has 0 spiro atoms. The Bertz CT molecular complexity index is 6070. The van der Waals surface area contributed by atoms with Crippen molar-refractivity contribution in [3.8, 4) is 113 Å². The summed E-state index contributed by atoms with van der Waals surface area (Å²) in [7, 11) is 0. The molecule has 8 aromatic heterocycles. The first-order valence-electron chi connectivity index (χ1n) is 30.9. The summed E-state index contributed by atoms with van der Waals surface area (Å²) < 4.78 is 0. The predicted octanol–water partition coefficient (Wildman–Crippen LogP) is 19.2. The third-order valence-corrected chi connectivity index (χ3v) is 17.6. The molecule has 18 rings (SSSR count). The Kier molecular flexibility index (Phi) is 12.9. The Morgan fingerprint density at radius 3 is 1.19 bits per heavy atom. The van der Waals surface area contributed by atoms with Gasteiger partial charge in [-0.1, -0.05) is 194 Å². The van der Waals surface area contributed by atoms with Crippen molar-refractivity contribution in [3.05, 3.63) is 292 Å². The molecule has 0 atom stereocenters. The maximum atomic E-state index is 5.36. The summed E-state index contributed by atoms with van der Waals surface area (Å²) >= 11 is 0. The van der Waals surface area contributed by atoms with E-state index in [1.807, 2.05) is 79.0 Å². The zero-order chi connectivity index (χ0) is 62.1. The molecule has 18 aromatic rings. The van der Waals surface area contributed by atoms with Gasteiger partial charge in [-0.2, -0.15) is 0 Å². The molecule has 8 heterocycles. The van der Waals surface area contributed by atoms with Crippen LogP contribution >= 0.6 is 0 Å². The lowest BCUT2D eigenvalue weighted by Crippen LogP contribution is -2.01. The molecule has 0 aliphatic rings. The highest BCUT2D eigenvalue weighted by Crippen LogP contribution is 2.38. The quantitative estimate of drug-likeness (QED) is 0.120. The number of hydrogen-bond donors (Lipinski definition) is 0. The molecule has 0 aliphatic carbocycles. The lowest BCUT2D eigenvalue weighted by atomic mass is 9.97. The third-order valence-electron chi connectivity index (χ3n) is 17.6. The minimum atomic E-state index is 0.475. The van der Waals surface area contributed by atoms with Gasteiger partial charge in [0.15, 0.2) is 23.3 Å². The number of pyridine rings is 6. The molecule has 0 fully saturated rings. The SMILES string of the molecule is c1ccc(-c2ccc3ccc(-c4ccc5ccc(-c6nc(-c7ccccc7)nc(-c7cccc(-c8ccnc9c8ccc8ccc(-c%10ccc%11cc(-c%12ccc%13ccc(-c%14ccc%15ccc(-c%16ncncn%16)nc%15c%14)cc%13n%12)ccc%11c%10)nc89)c7)n6)nc5c4)cc3n2)cc1. The molecule has 0 amide bonds. The van der Waals surface area contributed by atoms with Gasteiger partial charge in [0, 0.05) is 66.3 Å². The highest BCUT2D eigenvalue weighted by Gasteiger charge is 2.18. The first-order valence-corrected chi connectivity index (χ1v) is 30.9. The van der Waals surface area contributed by atoms with E-state index in [4.69, 9.17) is 44.9 Å². The minimum absolute atomic E-state index is 0.475. The van der Waals surface area contributed by atoms with Crippen molar-refractivity contribution in [2.24, 2.45) is 0 Å². The standard InChI is InChI=1S/C82H48N12/c1-3-8-49(9-4-1)68-33-27-50-14-18-58(43-73(50)87-68)61-21-17-53-30-37-72(90-76(53)46-61)82-93-79(55-10-5-2-6-11-55)92-80(94-82)65-13-7-12-62(42-65)66-38-39-84-78-67(66)32-26-54-31-35-70(91-77(54)78)64-25-23-56-40-63(24-22-57(56)41-64)69-34-28-51-15-19-59(44-74(51)88-69)60-20-16-52-29-36-71(89-75(52)45-60)81-85-47-83-48-86-81/h1-48H. The van der Waals surface area contributed by atoms with Crippen LogP contribution in [0.5, 0.6) is 0 Å². The molecular formula is C82H48N12. The second-order valence-electron chi connectivity index (χ2n) is 23.4. The van der Waals surface area contributed by atoms with Crippen molar-refractivity contribution in [2.75, 3.05) is 0 Å². The molecule has 0 unspecified atom stereocenters. The van der Waals surface area contributed by atoms with E-state index in [1.54, 1.807) is 0 Å². The van der Waals surface area contributed by atoms with Gasteiger partial charge in [0.1, 0.15) is 24.0 Å². The number of fused-ring (bicyclic) bond motifs is 8. The van der Waals surface area contributed by atoms with E-state index in [9.17, 15) is 0 Å². The Balaban J connectivity index is 0.638. The lowest BCUT2D eigenvalue weighted by molar-refractivity contribution is 1.05. The van der Waals surface area contributed by atoms with Crippen LogP contribution in [0.4, 0.5) is 0 Å². The van der Waals surface area contributed by atoms with E-state index in [1.165, 1.54) is 12.7 Å². The summed E-state index contributed by atoms with van der Waals surface area (Å²) in [4.78, 5) is 58.7. The molecule has 0 saturated heterocycles. The Hall–Kier alpha value is -13.1. The number of aromatic nitrogens is 12. The number of hydrogen-bond acceptors (Lipinski definition) is 12. The zero-order valence-electron chi connectivity index (χ0n) is 50.1. The second kappa shape index (κ2) is 22.5. The summed E-state index contributed by atoms with van der Waals surface area (Å²) in [5, 5.41) is 8.39. The highest BCUT2D eigenvalue weighted by atomic mass is 15.0. The van der Waals surface area contributed by atoms with E-state index in [2.05, 4.69) is 215 Å². The molecule has 0 bridgehead atoms. The van der Waals surface area contributed by atoms with Gasteiger partial charge in [-0.05, 0) is 123 Å². The van der Waals surface area contributed by atoms with Gasteiger partial charge in [0.05, 0.1) is 50.2 Å². The van der Waals surface area contributed by atoms with Crippen LogP contribution in [-0.4, -0.2) is 59.8 Å². The van der Waals surface area contributed by atoms with Crippen LogP contribution in [0.2, 0.25) is 0 Å². The topological polar surface area (TPSA) is 155 Å². The third kappa shape index (κ3) is 10.0. The van der Waals surface area contributed by atoms with Crippen LogP contribution in [0.1, 0.15) is 0 Å². The summed E-state index contributed by atoms with van der Waals surface area (Å²) in [5.74, 6) is 2.10. The van der Waals surface area contributed by atoms with Gasteiger partial charge in [0.25, 0.3) is 0 Å². The maximum absolute atomic E-state index is 5.36. The van der Waals surface area contributed by atoms with E-state index in [0.717, 1.165) is 154 Å². The predicted molar refractivity (Wildman–Crippen MR) is 377 cm³/mol. The van der Waals surface area contributed by atoms with Crippen molar-refractivity contribution in [2.45, 2.75) is 0 Å². The summed E-state index contributed by atoms with van der Waals surface area (Å²) in [6, 6.07) is 94.4. The fraction of sp³-hybridized carbons (Fsp3) is 0. The number of nitrogens with zero attached hydrogens (tertiary/aromatic N) is 12. The average Bonchev–Trinajstić information content (AvgIpc) is 0.897. The van der Waals surface area contributed by atoms with Crippen LogP contribution in [-0.2, 0) is 0 Å². The van der Waals surface area contributed by atoms with Crippen molar-refractivity contribution in [3.63, 3.8) is 0 Å². The summed E-state index contributed by atoms with van der Waals surface area (Å²) in [6.45, 7) is 0. The van der Waals surface area contributed by atoms with Crippen molar-refractivity contribution >= 4 is 76.2 Å². The van der Waals surface area contributed by atoms with E-state index in [-0.39, 0.29) is 0 Å². The normalized spacial score (nSPS) is 11.6. The van der Waals surface area contributed by atoms with Gasteiger partial charge in [0.2, 0.25) is 0 Å². The molecule has 12 heteroatoms.